The fourth-order valence-electron chi connectivity index (χ4n) is 2.73. The van der Waals surface area contributed by atoms with E-state index in [1.807, 2.05) is 12.1 Å². The number of aromatic nitrogens is 2. The molecule has 3 rings (SSSR count). The summed E-state index contributed by atoms with van der Waals surface area (Å²) in [5.41, 5.74) is 1.60. The SMILES string of the molecule is CC1CCN(CC(=O)Nc2nncs2)C(c2ccco2)C1. The smallest absolute Gasteiger partial charge is 0.240 e. The van der Waals surface area contributed by atoms with E-state index in [-0.39, 0.29) is 11.9 Å². The first kappa shape index (κ1) is 14.2. The molecule has 6 nitrogen and oxygen atoms in total. The Hall–Kier alpha value is -1.73. The van der Waals surface area contributed by atoms with Crippen molar-refractivity contribution in [3.05, 3.63) is 29.7 Å². The Labute approximate surface area is 127 Å². The predicted octanol–water partition coefficient (Wildman–Crippen LogP) is 2.54. The number of likely N-dealkylation sites (tertiary alicyclic amines) is 1. The molecule has 2 aromatic heterocycles. The molecular weight excluding hydrogens is 288 g/mol. The standard InChI is InChI=1S/C14H18N4O2S/c1-10-4-5-18(11(7-10)12-3-2-6-20-12)8-13(19)16-14-17-15-9-21-14/h2-3,6,9-11H,4-5,7-8H2,1H3,(H,16,17,19). The molecule has 1 fully saturated rings. The van der Waals surface area contributed by atoms with Crippen LogP contribution in [-0.2, 0) is 4.79 Å². The van der Waals surface area contributed by atoms with E-state index in [4.69, 9.17) is 4.42 Å². The topological polar surface area (TPSA) is 71.3 Å². The highest BCUT2D eigenvalue weighted by molar-refractivity contribution is 7.13. The lowest BCUT2D eigenvalue weighted by Crippen LogP contribution is -2.41. The van der Waals surface area contributed by atoms with E-state index >= 15 is 0 Å². The van der Waals surface area contributed by atoms with Gasteiger partial charge in [-0.05, 0) is 37.4 Å². The average Bonchev–Trinajstić information content (AvgIpc) is 3.13. The first-order valence-corrected chi connectivity index (χ1v) is 7.94. The third-order valence-electron chi connectivity index (χ3n) is 3.80. The number of nitrogens with one attached hydrogen (secondary N) is 1. The van der Waals surface area contributed by atoms with Crippen LogP contribution < -0.4 is 5.32 Å². The third kappa shape index (κ3) is 3.48. The summed E-state index contributed by atoms with van der Waals surface area (Å²) >= 11 is 1.32. The molecule has 2 atom stereocenters. The van der Waals surface area contributed by atoms with E-state index < -0.39 is 0 Å². The molecule has 2 unspecified atom stereocenters. The predicted molar refractivity (Wildman–Crippen MR) is 80.0 cm³/mol. The van der Waals surface area contributed by atoms with Crippen LogP contribution in [0.15, 0.2) is 28.3 Å². The Morgan fingerprint density at radius 2 is 2.52 bits per heavy atom. The summed E-state index contributed by atoms with van der Waals surface area (Å²) < 4.78 is 5.55. The van der Waals surface area contributed by atoms with Gasteiger partial charge in [0.25, 0.3) is 0 Å². The van der Waals surface area contributed by atoms with Crippen molar-refractivity contribution in [2.45, 2.75) is 25.8 Å². The fourth-order valence-corrected chi connectivity index (χ4v) is 3.19. The minimum absolute atomic E-state index is 0.0575. The summed E-state index contributed by atoms with van der Waals surface area (Å²) in [6.07, 6.45) is 3.80. The summed E-state index contributed by atoms with van der Waals surface area (Å²) in [6, 6.07) is 4.05. The molecule has 0 spiro atoms. The van der Waals surface area contributed by atoms with E-state index in [1.165, 1.54) is 11.3 Å². The van der Waals surface area contributed by atoms with Gasteiger partial charge in [0, 0.05) is 0 Å². The van der Waals surface area contributed by atoms with Crippen LogP contribution in [0.2, 0.25) is 0 Å². The van der Waals surface area contributed by atoms with Gasteiger partial charge in [0.1, 0.15) is 11.3 Å². The van der Waals surface area contributed by atoms with Crippen LogP contribution >= 0.6 is 11.3 Å². The maximum atomic E-state index is 12.1. The first-order chi connectivity index (χ1) is 10.2. The zero-order valence-corrected chi connectivity index (χ0v) is 12.7. The zero-order valence-electron chi connectivity index (χ0n) is 11.9. The largest absolute Gasteiger partial charge is 0.468 e. The second kappa shape index (κ2) is 6.36. The Morgan fingerprint density at radius 1 is 1.62 bits per heavy atom. The van der Waals surface area contributed by atoms with Crippen LogP contribution in [0, 0.1) is 5.92 Å². The Balaban J connectivity index is 1.66. The van der Waals surface area contributed by atoms with Crippen molar-refractivity contribution in [3.8, 4) is 0 Å². The minimum Gasteiger partial charge on any atom is -0.468 e. The molecule has 112 valence electrons. The second-order valence-corrected chi connectivity index (χ2v) is 6.26. The number of amides is 1. The highest BCUT2D eigenvalue weighted by Crippen LogP contribution is 2.33. The van der Waals surface area contributed by atoms with Gasteiger partial charge in [-0.25, -0.2) is 0 Å². The molecule has 0 aromatic carbocycles. The molecule has 3 heterocycles. The van der Waals surface area contributed by atoms with Gasteiger partial charge in [0.2, 0.25) is 11.0 Å². The van der Waals surface area contributed by atoms with Crippen LogP contribution in [0.5, 0.6) is 0 Å². The number of carbonyl (C=O) groups is 1. The summed E-state index contributed by atoms with van der Waals surface area (Å²) in [4.78, 5) is 14.3. The molecular formula is C14H18N4O2S. The van der Waals surface area contributed by atoms with Crippen molar-refractivity contribution in [2.24, 2.45) is 5.92 Å². The number of piperidine rings is 1. The van der Waals surface area contributed by atoms with Crippen LogP contribution in [0.4, 0.5) is 5.13 Å². The molecule has 1 aliphatic rings. The normalized spacial score (nSPS) is 23.1. The van der Waals surface area contributed by atoms with E-state index in [1.54, 1.807) is 11.8 Å². The lowest BCUT2D eigenvalue weighted by molar-refractivity contribution is -0.118. The average molecular weight is 306 g/mol. The van der Waals surface area contributed by atoms with E-state index in [9.17, 15) is 4.79 Å². The van der Waals surface area contributed by atoms with Crippen LogP contribution in [0.3, 0.4) is 0 Å². The van der Waals surface area contributed by atoms with E-state index in [0.29, 0.717) is 17.6 Å². The number of nitrogens with zero attached hydrogens (tertiary/aromatic N) is 3. The lowest BCUT2D eigenvalue weighted by Gasteiger charge is -2.36. The molecule has 0 radical (unpaired) electrons. The Morgan fingerprint density at radius 3 is 3.24 bits per heavy atom. The van der Waals surface area contributed by atoms with Gasteiger partial charge < -0.3 is 4.42 Å². The van der Waals surface area contributed by atoms with Crippen molar-refractivity contribution >= 4 is 22.4 Å². The maximum absolute atomic E-state index is 12.1. The first-order valence-electron chi connectivity index (χ1n) is 7.06. The minimum atomic E-state index is -0.0575. The number of furan rings is 1. The number of anilines is 1. The van der Waals surface area contributed by atoms with Crippen LogP contribution in [-0.4, -0.2) is 34.1 Å². The number of hydrogen-bond acceptors (Lipinski definition) is 6. The third-order valence-corrected chi connectivity index (χ3v) is 4.41. The summed E-state index contributed by atoms with van der Waals surface area (Å²) in [7, 11) is 0. The van der Waals surface area contributed by atoms with Gasteiger partial charge in [-0.3, -0.25) is 15.0 Å². The van der Waals surface area contributed by atoms with Gasteiger partial charge in [-0.1, -0.05) is 18.3 Å². The molecule has 21 heavy (non-hydrogen) atoms. The van der Waals surface area contributed by atoms with Gasteiger partial charge in [0.15, 0.2) is 0 Å². The van der Waals surface area contributed by atoms with E-state index in [2.05, 4.69) is 27.3 Å². The van der Waals surface area contributed by atoms with Crippen molar-refractivity contribution in [2.75, 3.05) is 18.4 Å². The summed E-state index contributed by atoms with van der Waals surface area (Å²) in [5.74, 6) is 1.52. The highest BCUT2D eigenvalue weighted by atomic mass is 32.1. The fraction of sp³-hybridized carbons (Fsp3) is 0.500. The van der Waals surface area contributed by atoms with Gasteiger partial charge in [-0.2, -0.15) is 0 Å². The molecule has 7 heteroatoms. The number of rotatable bonds is 4. The molecule has 2 aromatic rings. The van der Waals surface area contributed by atoms with Gasteiger partial charge in [-0.15, -0.1) is 10.2 Å². The molecule has 1 aliphatic heterocycles. The van der Waals surface area contributed by atoms with Crippen molar-refractivity contribution in [1.82, 2.24) is 15.1 Å². The molecule has 1 saturated heterocycles. The van der Waals surface area contributed by atoms with E-state index in [0.717, 1.165) is 25.1 Å². The maximum Gasteiger partial charge on any atom is 0.240 e. The van der Waals surface area contributed by atoms with Crippen LogP contribution in [0.1, 0.15) is 31.6 Å². The Kier molecular flexibility index (Phi) is 4.31. The Bertz CT molecular complexity index is 570. The van der Waals surface area contributed by atoms with Crippen molar-refractivity contribution in [1.29, 1.82) is 0 Å². The molecule has 0 bridgehead atoms. The highest BCUT2D eigenvalue weighted by Gasteiger charge is 2.30. The van der Waals surface area contributed by atoms with Crippen LogP contribution in [0.25, 0.3) is 0 Å². The number of hydrogen-bond donors (Lipinski definition) is 1. The molecule has 1 amide bonds. The van der Waals surface area contributed by atoms with Crippen molar-refractivity contribution in [3.63, 3.8) is 0 Å². The quantitative estimate of drug-likeness (QED) is 0.940. The zero-order chi connectivity index (χ0) is 14.7. The lowest BCUT2D eigenvalue weighted by atomic mass is 9.91. The summed E-state index contributed by atoms with van der Waals surface area (Å²) in [6.45, 7) is 3.49. The molecule has 0 saturated carbocycles. The number of carbonyl (C=O) groups excluding carboxylic acids is 1. The second-order valence-electron chi connectivity index (χ2n) is 5.42. The van der Waals surface area contributed by atoms with Gasteiger partial charge in [0.05, 0.1) is 18.8 Å². The van der Waals surface area contributed by atoms with Crippen molar-refractivity contribution < 1.29 is 9.21 Å². The van der Waals surface area contributed by atoms with Gasteiger partial charge >= 0.3 is 0 Å². The summed E-state index contributed by atoms with van der Waals surface area (Å²) in [5, 5.41) is 10.9. The molecule has 0 aliphatic carbocycles. The molecule has 1 N–H and O–H groups in total. The monoisotopic (exact) mass is 306 g/mol.